The molecular weight excluding hydrogens is 254 g/mol. The largest absolute Gasteiger partial charge is 0.335 e. The SMILES string of the molecule is CC1CCSC(Nc2ccc(C#N)c(Cl)c2)=N1. The minimum absolute atomic E-state index is 0.368. The fourth-order valence-corrected chi connectivity index (χ4v) is 2.82. The Morgan fingerprint density at radius 2 is 2.41 bits per heavy atom. The number of hydrogen-bond donors (Lipinski definition) is 1. The first-order valence-corrected chi connectivity index (χ1v) is 6.72. The summed E-state index contributed by atoms with van der Waals surface area (Å²) in [6.45, 7) is 2.10. The van der Waals surface area contributed by atoms with Crippen LogP contribution in [0.1, 0.15) is 18.9 Å². The maximum atomic E-state index is 8.78. The number of rotatable bonds is 1. The minimum atomic E-state index is 0.368. The zero-order chi connectivity index (χ0) is 12.3. The Balaban J connectivity index is 2.14. The number of nitrogens with one attached hydrogen (secondary N) is 1. The normalized spacial score (nSPS) is 19.4. The van der Waals surface area contributed by atoms with Crippen LogP contribution in [0.2, 0.25) is 5.02 Å². The van der Waals surface area contributed by atoms with Crippen LogP contribution >= 0.6 is 23.4 Å². The maximum Gasteiger partial charge on any atom is 0.161 e. The number of anilines is 1. The molecule has 0 radical (unpaired) electrons. The number of amidine groups is 1. The lowest BCUT2D eigenvalue weighted by molar-refractivity contribution is 0.720. The van der Waals surface area contributed by atoms with Crippen LogP contribution in [0.4, 0.5) is 5.69 Å². The van der Waals surface area contributed by atoms with Crippen molar-refractivity contribution in [1.82, 2.24) is 0 Å². The Labute approximate surface area is 110 Å². The van der Waals surface area contributed by atoms with Gasteiger partial charge in [-0.15, -0.1) is 0 Å². The van der Waals surface area contributed by atoms with Gasteiger partial charge in [-0.25, -0.2) is 0 Å². The van der Waals surface area contributed by atoms with Crippen LogP contribution in [0.3, 0.4) is 0 Å². The van der Waals surface area contributed by atoms with Crippen LogP contribution in [-0.2, 0) is 0 Å². The molecule has 3 nitrogen and oxygen atoms in total. The lowest BCUT2D eigenvalue weighted by Crippen LogP contribution is -2.17. The lowest BCUT2D eigenvalue weighted by atomic mass is 10.2. The summed E-state index contributed by atoms with van der Waals surface area (Å²) >= 11 is 7.68. The van der Waals surface area contributed by atoms with E-state index in [2.05, 4.69) is 17.2 Å². The number of hydrogen-bond acceptors (Lipinski definition) is 4. The first kappa shape index (κ1) is 12.3. The summed E-state index contributed by atoms with van der Waals surface area (Å²) < 4.78 is 0. The molecule has 1 N–H and O–H groups in total. The monoisotopic (exact) mass is 265 g/mol. The molecule has 2 rings (SSSR count). The third-order valence-corrected chi connectivity index (χ3v) is 3.69. The Bertz CT molecular complexity index is 493. The molecule has 0 saturated heterocycles. The van der Waals surface area contributed by atoms with E-state index in [1.807, 2.05) is 12.1 Å². The van der Waals surface area contributed by atoms with Gasteiger partial charge in [-0.1, -0.05) is 23.4 Å². The van der Waals surface area contributed by atoms with Gasteiger partial charge in [0.2, 0.25) is 0 Å². The molecule has 1 unspecified atom stereocenters. The maximum absolute atomic E-state index is 8.78. The van der Waals surface area contributed by atoms with Gasteiger partial charge in [0.1, 0.15) is 6.07 Å². The molecule has 1 atom stereocenters. The van der Waals surface area contributed by atoms with E-state index in [0.717, 1.165) is 23.0 Å². The van der Waals surface area contributed by atoms with Crippen molar-refractivity contribution in [1.29, 1.82) is 5.26 Å². The van der Waals surface area contributed by atoms with Gasteiger partial charge in [0.05, 0.1) is 16.6 Å². The quantitative estimate of drug-likeness (QED) is 0.845. The molecule has 1 aliphatic rings. The van der Waals surface area contributed by atoms with Crippen molar-refractivity contribution in [3.05, 3.63) is 28.8 Å². The molecule has 5 heteroatoms. The van der Waals surface area contributed by atoms with Crippen LogP contribution in [-0.4, -0.2) is 17.0 Å². The van der Waals surface area contributed by atoms with Gasteiger partial charge in [0, 0.05) is 11.4 Å². The zero-order valence-electron chi connectivity index (χ0n) is 9.40. The molecule has 1 heterocycles. The summed E-state index contributed by atoms with van der Waals surface area (Å²) in [6, 6.07) is 7.71. The topological polar surface area (TPSA) is 48.2 Å². The second-order valence-electron chi connectivity index (χ2n) is 3.85. The van der Waals surface area contributed by atoms with Crippen molar-refractivity contribution < 1.29 is 0 Å². The number of nitriles is 1. The van der Waals surface area contributed by atoms with Gasteiger partial charge < -0.3 is 5.32 Å². The standard InChI is InChI=1S/C12H12ClN3S/c1-8-4-5-17-12(15-8)16-10-3-2-9(7-14)11(13)6-10/h2-3,6,8H,4-5H2,1H3,(H,15,16). The first-order chi connectivity index (χ1) is 8.19. The number of halogens is 1. The highest BCUT2D eigenvalue weighted by atomic mass is 35.5. The van der Waals surface area contributed by atoms with Gasteiger partial charge in [-0.05, 0) is 31.5 Å². The molecule has 1 aromatic rings. The third-order valence-electron chi connectivity index (χ3n) is 2.45. The van der Waals surface area contributed by atoms with Crippen LogP contribution in [0.15, 0.2) is 23.2 Å². The smallest absolute Gasteiger partial charge is 0.161 e. The molecule has 1 aromatic carbocycles. The number of aliphatic imine (C=N–C) groups is 1. The van der Waals surface area contributed by atoms with Crippen molar-refractivity contribution in [2.75, 3.05) is 11.1 Å². The number of thioether (sulfide) groups is 1. The highest BCUT2D eigenvalue weighted by Crippen LogP contribution is 2.23. The van der Waals surface area contributed by atoms with E-state index < -0.39 is 0 Å². The van der Waals surface area contributed by atoms with Crippen molar-refractivity contribution in [2.45, 2.75) is 19.4 Å². The third kappa shape index (κ3) is 3.15. The van der Waals surface area contributed by atoms with Crippen molar-refractivity contribution in [3.8, 4) is 6.07 Å². The average Bonchev–Trinajstić information content (AvgIpc) is 2.29. The van der Waals surface area contributed by atoms with Gasteiger partial charge in [0.25, 0.3) is 0 Å². The molecule has 1 aliphatic heterocycles. The van der Waals surface area contributed by atoms with Gasteiger partial charge in [-0.3, -0.25) is 4.99 Å². The Hall–Kier alpha value is -1.18. The van der Waals surface area contributed by atoms with Crippen molar-refractivity contribution in [2.24, 2.45) is 4.99 Å². The summed E-state index contributed by atoms with van der Waals surface area (Å²) in [5.41, 5.74) is 1.36. The van der Waals surface area contributed by atoms with E-state index in [1.54, 1.807) is 23.9 Å². The highest BCUT2D eigenvalue weighted by molar-refractivity contribution is 8.14. The molecule has 0 aliphatic carbocycles. The fraction of sp³-hybridized carbons (Fsp3) is 0.333. The summed E-state index contributed by atoms with van der Waals surface area (Å²) in [6.07, 6.45) is 1.12. The molecule has 88 valence electrons. The molecule has 17 heavy (non-hydrogen) atoms. The second kappa shape index (κ2) is 5.44. The predicted molar refractivity (Wildman–Crippen MR) is 73.8 cm³/mol. The molecule has 0 amide bonds. The second-order valence-corrected chi connectivity index (χ2v) is 5.34. The molecule has 0 bridgehead atoms. The van der Waals surface area contributed by atoms with Crippen LogP contribution in [0.5, 0.6) is 0 Å². The molecular formula is C12H12ClN3S. The molecule has 0 saturated carbocycles. The van der Waals surface area contributed by atoms with Gasteiger partial charge in [-0.2, -0.15) is 5.26 Å². The van der Waals surface area contributed by atoms with E-state index in [0.29, 0.717) is 16.6 Å². The van der Waals surface area contributed by atoms with Crippen molar-refractivity contribution in [3.63, 3.8) is 0 Å². The fourth-order valence-electron chi connectivity index (χ4n) is 1.50. The van der Waals surface area contributed by atoms with Gasteiger partial charge in [0.15, 0.2) is 5.17 Å². The van der Waals surface area contributed by atoms with Crippen LogP contribution in [0.25, 0.3) is 0 Å². The molecule has 0 aromatic heterocycles. The summed E-state index contributed by atoms with van der Waals surface area (Å²) in [7, 11) is 0. The van der Waals surface area contributed by atoms with Crippen LogP contribution in [0, 0.1) is 11.3 Å². The lowest BCUT2D eigenvalue weighted by Gasteiger charge is -2.17. The predicted octanol–water partition coefficient (Wildman–Crippen LogP) is 3.50. The molecule has 0 spiro atoms. The van der Waals surface area contributed by atoms with E-state index in [-0.39, 0.29) is 0 Å². The van der Waals surface area contributed by atoms with E-state index in [1.165, 1.54) is 0 Å². The number of nitrogens with zero attached hydrogens (tertiary/aromatic N) is 2. The van der Waals surface area contributed by atoms with E-state index in [4.69, 9.17) is 16.9 Å². The van der Waals surface area contributed by atoms with Crippen LogP contribution < -0.4 is 5.32 Å². The minimum Gasteiger partial charge on any atom is -0.335 e. The Morgan fingerprint density at radius 1 is 1.59 bits per heavy atom. The summed E-state index contributed by atoms with van der Waals surface area (Å²) in [5, 5.41) is 13.4. The summed E-state index contributed by atoms with van der Waals surface area (Å²) in [4.78, 5) is 4.51. The van der Waals surface area contributed by atoms with Crippen molar-refractivity contribution >= 4 is 34.2 Å². The first-order valence-electron chi connectivity index (χ1n) is 5.36. The Morgan fingerprint density at radius 3 is 3.06 bits per heavy atom. The highest BCUT2D eigenvalue weighted by Gasteiger charge is 2.12. The van der Waals surface area contributed by atoms with E-state index >= 15 is 0 Å². The van der Waals surface area contributed by atoms with Gasteiger partial charge >= 0.3 is 0 Å². The zero-order valence-corrected chi connectivity index (χ0v) is 11.0. The number of benzene rings is 1. The Kier molecular flexibility index (Phi) is 3.93. The molecule has 0 fully saturated rings. The average molecular weight is 266 g/mol. The van der Waals surface area contributed by atoms with E-state index in [9.17, 15) is 0 Å². The summed E-state index contributed by atoms with van der Waals surface area (Å²) in [5.74, 6) is 1.08.